The first-order chi connectivity index (χ1) is 11.6. The van der Waals surface area contributed by atoms with Crippen LogP contribution in [0.1, 0.15) is 49.5 Å². The van der Waals surface area contributed by atoms with E-state index in [1.807, 2.05) is 18.0 Å². The second-order valence-electron chi connectivity index (χ2n) is 6.42. The van der Waals surface area contributed by atoms with E-state index in [0.29, 0.717) is 6.42 Å². The van der Waals surface area contributed by atoms with Gasteiger partial charge in [0.2, 0.25) is 5.91 Å². The van der Waals surface area contributed by atoms with Crippen molar-refractivity contribution in [3.8, 4) is 0 Å². The first-order valence-electron chi connectivity index (χ1n) is 8.68. The number of carbonyl (C=O) groups is 1. The van der Waals surface area contributed by atoms with E-state index in [1.165, 1.54) is 12.1 Å². The van der Waals surface area contributed by atoms with Crippen molar-refractivity contribution < 1.29 is 9.18 Å². The zero-order chi connectivity index (χ0) is 16.9. The lowest BCUT2D eigenvalue weighted by Gasteiger charge is -2.36. The summed E-state index contributed by atoms with van der Waals surface area (Å²) in [5, 5.41) is 0. The van der Waals surface area contributed by atoms with Crippen molar-refractivity contribution in [3.05, 3.63) is 53.9 Å². The van der Waals surface area contributed by atoms with Gasteiger partial charge in [-0.15, -0.1) is 0 Å². The Balaban J connectivity index is 1.61. The summed E-state index contributed by atoms with van der Waals surface area (Å²) in [6.07, 6.45) is 8.19. The Bertz CT molecular complexity index is 680. The van der Waals surface area contributed by atoms with Crippen molar-refractivity contribution in [3.63, 3.8) is 0 Å². The number of imidazole rings is 1. The van der Waals surface area contributed by atoms with Gasteiger partial charge in [-0.3, -0.25) is 4.79 Å². The molecule has 0 radical (unpaired) electrons. The van der Waals surface area contributed by atoms with Gasteiger partial charge in [-0.25, -0.2) is 9.37 Å². The first-order valence-corrected chi connectivity index (χ1v) is 8.68. The van der Waals surface area contributed by atoms with E-state index in [0.717, 1.165) is 50.2 Å². The lowest BCUT2D eigenvalue weighted by molar-refractivity contribution is -0.135. The number of rotatable bonds is 5. The highest BCUT2D eigenvalue weighted by atomic mass is 19.1. The summed E-state index contributed by atoms with van der Waals surface area (Å²) in [5.41, 5.74) is 1.04. The van der Waals surface area contributed by atoms with Crippen LogP contribution in [-0.2, 0) is 11.3 Å². The molecule has 2 heterocycles. The molecule has 24 heavy (non-hydrogen) atoms. The summed E-state index contributed by atoms with van der Waals surface area (Å²) >= 11 is 0. The number of hydrogen-bond acceptors (Lipinski definition) is 2. The number of hydrogen-bond donors (Lipinski definition) is 0. The van der Waals surface area contributed by atoms with E-state index < -0.39 is 0 Å². The molecule has 1 aliphatic rings. The Labute approximate surface area is 142 Å². The van der Waals surface area contributed by atoms with Gasteiger partial charge in [-0.05, 0) is 50.3 Å². The zero-order valence-electron chi connectivity index (χ0n) is 14.1. The van der Waals surface area contributed by atoms with Crippen molar-refractivity contribution in [2.75, 3.05) is 6.54 Å². The van der Waals surface area contributed by atoms with Gasteiger partial charge >= 0.3 is 0 Å². The average Bonchev–Trinajstić information content (AvgIpc) is 3.01. The minimum atomic E-state index is -0.233. The molecule has 5 heteroatoms. The molecule has 1 atom stereocenters. The van der Waals surface area contributed by atoms with Crippen molar-refractivity contribution in [2.45, 2.75) is 51.6 Å². The molecular weight excluding hydrogens is 305 g/mol. The lowest BCUT2D eigenvalue weighted by atomic mass is 9.94. The number of benzene rings is 1. The largest absolute Gasteiger partial charge is 0.336 e. The molecule has 0 unspecified atom stereocenters. The third-order valence-electron chi connectivity index (χ3n) is 4.79. The second-order valence-corrected chi connectivity index (χ2v) is 6.42. The van der Waals surface area contributed by atoms with Crippen LogP contribution >= 0.6 is 0 Å². The number of carbonyl (C=O) groups excluding carboxylic acids is 1. The van der Waals surface area contributed by atoms with Gasteiger partial charge in [-0.2, -0.15) is 0 Å². The molecule has 1 fully saturated rings. The Morgan fingerprint density at radius 1 is 1.29 bits per heavy atom. The summed E-state index contributed by atoms with van der Waals surface area (Å²) in [6, 6.07) is 6.66. The fraction of sp³-hybridized carbons (Fsp3) is 0.474. The number of likely N-dealkylation sites (tertiary alicyclic amines) is 1. The van der Waals surface area contributed by atoms with Crippen LogP contribution in [0.3, 0.4) is 0 Å². The van der Waals surface area contributed by atoms with Crippen LogP contribution in [0, 0.1) is 12.7 Å². The summed E-state index contributed by atoms with van der Waals surface area (Å²) in [4.78, 5) is 18.9. The normalized spacial score (nSPS) is 17.9. The molecule has 0 bridgehead atoms. The van der Waals surface area contributed by atoms with Crippen LogP contribution in [0.2, 0.25) is 0 Å². The Kier molecular flexibility index (Phi) is 5.28. The minimum absolute atomic E-state index is 0.0850. The van der Waals surface area contributed by atoms with Gasteiger partial charge in [0.15, 0.2) is 0 Å². The number of piperidine rings is 1. The third kappa shape index (κ3) is 3.83. The van der Waals surface area contributed by atoms with Crippen molar-refractivity contribution >= 4 is 5.91 Å². The number of aromatic nitrogens is 2. The molecule has 0 spiro atoms. The SMILES string of the molecule is Cc1nccn1CCCC(=O)N1CCCC[C@@H]1c1ccc(F)cc1. The molecule has 0 aliphatic carbocycles. The standard InChI is InChI=1S/C19H24FN3O/c1-15-21-11-14-22(15)12-4-6-19(24)23-13-3-2-5-18(23)16-7-9-17(20)10-8-16/h7-11,14,18H,2-6,12-13H2,1H3/t18-/m1/s1. The fourth-order valence-electron chi connectivity index (χ4n) is 3.45. The molecule has 128 valence electrons. The Morgan fingerprint density at radius 3 is 2.79 bits per heavy atom. The maximum Gasteiger partial charge on any atom is 0.223 e. The third-order valence-corrected chi connectivity index (χ3v) is 4.79. The molecule has 1 amide bonds. The van der Waals surface area contributed by atoms with E-state index >= 15 is 0 Å². The van der Waals surface area contributed by atoms with Crippen LogP contribution in [0.25, 0.3) is 0 Å². The average molecular weight is 329 g/mol. The predicted molar refractivity (Wildman–Crippen MR) is 90.9 cm³/mol. The summed E-state index contributed by atoms with van der Waals surface area (Å²) < 4.78 is 15.2. The van der Waals surface area contributed by atoms with Gasteiger partial charge in [0.1, 0.15) is 11.6 Å². The van der Waals surface area contributed by atoms with Gasteiger partial charge in [0.25, 0.3) is 0 Å². The van der Waals surface area contributed by atoms with Gasteiger partial charge in [-0.1, -0.05) is 12.1 Å². The molecule has 0 N–H and O–H groups in total. The van der Waals surface area contributed by atoms with Gasteiger partial charge in [0, 0.05) is 31.9 Å². The van der Waals surface area contributed by atoms with Crippen LogP contribution in [0.4, 0.5) is 4.39 Å². The lowest BCUT2D eigenvalue weighted by Crippen LogP contribution is -2.38. The maximum absolute atomic E-state index is 13.2. The molecular formula is C19H24FN3O. The highest BCUT2D eigenvalue weighted by Gasteiger charge is 2.27. The van der Waals surface area contributed by atoms with Gasteiger partial charge < -0.3 is 9.47 Å². The second kappa shape index (κ2) is 7.60. The molecule has 1 saturated heterocycles. The summed E-state index contributed by atoms with van der Waals surface area (Å²) in [6.45, 7) is 3.58. The highest BCUT2D eigenvalue weighted by Crippen LogP contribution is 2.31. The smallest absolute Gasteiger partial charge is 0.223 e. The Morgan fingerprint density at radius 2 is 2.08 bits per heavy atom. The van der Waals surface area contributed by atoms with E-state index in [4.69, 9.17) is 0 Å². The van der Waals surface area contributed by atoms with Gasteiger partial charge in [0.05, 0.1) is 6.04 Å². The van der Waals surface area contributed by atoms with E-state index in [-0.39, 0.29) is 17.8 Å². The zero-order valence-corrected chi connectivity index (χ0v) is 14.1. The quantitative estimate of drug-likeness (QED) is 0.835. The van der Waals surface area contributed by atoms with Crippen molar-refractivity contribution in [2.24, 2.45) is 0 Å². The monoisotopic (exact) mass is 329 g/mol. The first kappa shape index (κ1) is 16.7. The minimum Gasteiger partial charge on any atom is -0.336 e. The van der Waals surface area contributed by atoms with E-state index in [1.54, 1.807) is 18.3 Å². The molecule has 2 aromatic rings. The Hall–Kier alpha value is -2.17. The molecule has 1 aliphatic heterocycles. The summed E-state index contributed by atoms with van der Waals surface area (Å²) in [5.74, 6) is 0.939. The van der Waals surface area contributed by atoms with Crippen LogP contribution in [0.5, 0.6) is 0 Å². The van der Waals surface area contributed by atoms with Crippen molar-refractivity contribution in [1.82, 2.24) is 14.5 Å². The molecule has 1 aromatic heterocycles. The molecule has 4 nitrogen and oxygen atoms in total. The number of nitrogens with zero attached hydrogens (tertiary/aromatic N) is 3. The molecule has 1 aromatic carbocycles. The van der Waals surface area contributed by atoms with Crippen LogP contribution in [0.15, 0.2) is 36.7 Å². The highest BCUT2D eigenvalue weighted by molar-refractivity contribution is 5.76. The number of amides is 1. The van der Waals surface area contributed by atoms with E-state index in [2.05, 4.69) is 9.55 Å². The van der Waals surface area contributed by atoms with Crippen LogP contribution < -0.4 is 0 Å². The summed E-state index contributed by atoms with van der Waals surface area (Å²) in [7, 11) is 0. The molecule has 3 rings (SSSR count). The topological polar surface area (TPSA) is 38.1 Å². The fourth-order valence-corrected chi connectivity index (χ4v) is 3.45. The van der Waals surface area contributed by atoms with Crippen molar-refractivity contribution in [1.29, 1.82) is 0 Å². The number of aryl methyl sites for hydroxylation is 2. The van der Waals surface area contributed by atoms with E-state index in [9.17, 15) is 9.18 Å². The molecule has 0 saturated carbocycles. The van der Waals surface area contributed by atoms with Crippen LogP contribution in [-0.4, -0.2) is 26.9 Å². The number of halogens is 1. The predicted octanol–water partition coefficient (Wildman–Crippen LogP) is 3.86. The maximum atomic E-state index is 13.2.